The maximum Gasteiger partial charge on any atom is 0.317 e. The van der Waals surface area contributed by atoms with Gasteiger partial charge in [-0.3, -0.25) is 9.59 Å². The van der Waals surface area contributed by atoms with E-state index in [1.807, 2.05) is 0 Å². The van der Waals surface area contributed by atoms with Crippen LogP contribution < -0.4 is 5.73 Å². The second-order valence-corrected chi connectivity index (χ2v) is 2.09. The van der Waals surface area contributed by atoms with Crippen molar-refractivity contribution < 1.29 is 19.8 Å². The summed E-state index contributed by atoms with van der Waals surface area (Å²) in [6, 6.07) is 0. The summed E-state index contributed by atoms with van der Waals surface area (Å²) >= 11 is 0. The molecule has 0 fully saturated rings. The second-order valence-electron chi connectivity index (χ2n) is 2.09. The van der Waals surface area contributed by atoms with Crippen molar-refractivity contribution in [3.05, 3.63) is 0 Å². The highest BCUT2D eigenvalue weighted by atomic mass is 16.4. The fraction of sp³-hybridized carbons (Fsp3) is 0.667. The molecular weight excluding hydrogens is 150 g/mol. The number of carbonyl (C=O) groups is 2. The van der Waals surface area contributed by atoms with Crippen LogP contribution in [-0.2, 0) is 9.59 Å². The van der Waals surface area contributed by atoms with Crippen molar-refractivity contribution >= 4 is 11.9 Å². The molecule has 0 aromatic heterocycles. The van der Waals surface area contributed by atoms with Crippen molar-refractivity contribution in [2.45, 2.75) is 13.8 Å². The van der Waals surface area contributed by atoms with Crippen molar-refractivity contribution in [2.75, 3.05) is 6.54 Å². The van der Waals surface area contributed by atoms with Crippen molar-refractivity contribution in [3.8, 4) is 0 Å². The molecule has 5 heteroatoms. The van der Waals surface area contributed by atoms with E-state index < -0.39 is 11.9 Å². The summed E-state index contributed by atoms with van der Waals surface area (Å²) in [7, 11) is 0. The predicted octanol–water partition coefficient (Wildman–Crippen LogP) is -0.243. The van der Waals surface area contributed by atoms with Gasteiger partial charge in [0.2, 0.25) is 0 Å². The highest BCUT2D eigenvalue weighted by molar-refractivity contribution is 5.69. The third kappa shape index (κ3) is 17.6. The van der Waals surface area contributed by atoms with E-state index in [4.69, 9.17) is 10.2 Å². The molecule has 0 radical (unpaired) electrons. The van der Waals surface area contributed by atoms with E-state index in [-0.39, 0.29) is 12.5 Å². The number of carboxylic acids is 2. The van der Waals surface area contributed by atoms with Gasteiger partial charge in [-0.05, 0) is 0 Å². The monoisotopic (exact) mass is 163 g/mol. The minimum Gasteiger partial charge on any atom is -0.481 e. The molecule has 0 aliphatic heterocycles. The minimum absolute atomic E-state index is 0.231. The molecule has 0 aliphatic rings. The number of hydrogen-bond donors (Lipinski definition) is 3. The third-order valence-corrected chi connectivity index (χ3v) is 0.669. The molecule has 0 bridgehead atoms. The summed E-state index contributed by atoms with van der Waals surface area (Å²) in [6.45, 7) is 3.00. The third-order valence-electron chi connectivity index (χ3n) is 0.669. The molecule has 0 aromatic carbocycles. The number of nitrogens with two attached hydrogens (primary N) is 1. The second kappa shape index (κ2) is 7.01. The largest absolute Gasteiger partial charge is 0.481 e. The molecule has 0 aromatic rings. The molecule has 0 heterocycles. The van der Waals surface area contributed by atoms with E-state index >= 15 is 0 Å². The molecule has 66 valence electrons. The van der Waals surface area contributed by atoms with Crippen molar-refractivity contribution in [1.29, 1.82) is 0 Å². The van der Waals surface area contributed by atoms with Gasteiger partial charge in [0.05, 0.1) is 12.5 Å². The smallest absolute Gasteiger partial charge is 0.317 e. The van der Waals surface area contributed by atoms with Crippen LogP contribution in [0.4, 0.5) is 0 Å². The zero-order valence-electron chi connectivity index (χ0n) is 6.57. The van der Waals surface area contributed by atoms with Crippen molar-refractivity contribution in [3.63, 3.8) is 0 Å². The Bertz CT molecular complexity index is 133. The summed E-state index contributed by atoms with van der Waals surface area (Å²) in [5, 5.41) is 15.6. The number of hydrogen-bond acceptors (Lipinski definition) is 3. The van der Waals surface area contributed by atoms with Crippen LogP contribution in [0.15, 0.2) is 0 Å². The molecular formula is C6H13NO4. The first kappa shape index (κ1) is 12.6. The van der Waals surface area contributed by atoms with Crippen LogP contribution >= 0.6 is 0 Å². The first-order valence-corrected chi connectivity index (χ1v) is 3.06. The highest BCUT2D eigenvalue weighted by Crippen LogP contribution is 1.87. The minimum atomic E-state index is -0.968. The lowest BCUT2D eigenvalue weighted by Crippen LogP contribution is -2.10. The maximum absolute atomic E-state index is 9.70. The molecule has 0 unspecified atom stereocenters. The summed E-state index contributed by atoms with van der Waals surface area (Å²) in [6.07, 6.45) is 0. The van der Waals surface area contributed by atoms with Gasteiger partial charge in [0, 0.05) is 0 Å². The first-order valence-electron chi connectivity index (χ1n) is 3.06. The average Bonchev–Trinajstić information content (AvgIpc) is 1.89. The van der Waals surface area contributed by atoms with E-state index in [1.54, 1.807) is 13.8 Å². The Morgan fingerprint density at radius 1 is 1.36 bits per heavy atom. The van der Waals surface area contributed by atoms with Crippen LogP contribution in [0.25, 0.3) is 0 Å². The van der Waals surface area contributed by atoms with Crippen LogP contribution in [-0.4, -0.2) is 28.7 Å². The fourth-order valence-corrected chi connectivity index (χ4v) is 0. The maximum atomic E-state index is 9.70. The Morgan fingerprint density at radius 2 is 1.55 bits per heavy atom. The molecule has 0 atom stereocenters. The molecule has 0 saturated heterocycles. The molecule has 0 aliphatic carbocycles. The molecule has 0 spiro atoms. The van der Waals surface area contributed by atoms with Crippen LogP contribution in [0.1, 0.15) is 13.8 Å². The van der Waals surface area contributed by atoms with Crippen molar-refractivity contribution in [1.82, 2.24) is 0 Å². The Balaban J connectivity index is 0. The van der Waals surface area contributed by atoms with Gasteiger partial charge in [0.1, 0.15) is 0 Å². The number of rotatable bonds is 2. The van der Waals surface area contributed by atoms with E-state index in [1.165, 1.54) is 0 Å². The van der Waals surface area contributed by atoms with E-state index in [2.05, 4.69) is 5.73 Å². The standard InChI is InChI=1S/C4H8O2.C2H5NO2/c1-3(2)4(5)6;3-1-2(4)5/h3H,1-2H3,(H,5,6);1,3H2,(H,4,5). The molecule has 4 N–H and O–H groups in total. The topological polar surface area (TPSA) is 101 Å². The Labute approximate surface area is 64.8 Å². The summed E-state index contributed by atoms with van der Waals surface area (Å²) in [5.74, 6) is -1.94. The van der Waals surface area contributed by atoms with Gasteiger partial charge in [-0.25, -0.2) is 0 Å². The highest BCUT2D eigenvalue weighted by Gasteiger charge is 1.99. The van der Waals surface area contributed by atoms with Crippen LogP contribution in [0.2, 0.25) is 0 Å². The van der Waals surface area contributed by atoms with Gasteiger partial charge in [-0.15, -0.1) is 0 Å². The van der Waals surface area contributed by atoms with Gasteiger partial charge in [0.25, 0.3) is 0 Å². The molecule has 11 heavy (non-hydrogen) atoms. The van der Waals surface area contributed by atoms with Gasteiger partial charge in [-0.1, -0.05) is 13.8 Å². The van der Waals surface area contributed by atoms with Gasteiger partial charge >= 0.3 is 11.9 Å². The van der Waals surface area contributed by atoms with E-state index in [0.29, 0.717) is 0 Å². The Hall–Kier alpha value is -1.10. The summed E-state index contributed by atoms with van der Waals surface area (Å²) in [4.78, 5) is 18.9. The zero-order valence-corrected chi connectivity index (χ0v) is 6.57. The van der Waals surface area contributed by atoms with Gasteiger partial charge in [0.15, 0.2) is 0 Å². The van der Waals surface area contributed by atoms with Gasteiger partial charge in [-0.2, -0.15) is 0 Å². The zero-order chi connectivity index (χ0) is 9.44. The van der Waals surface area contributed by atoms with E-state index in [0.717, 1.165) is 0 Å². The molecule has 5 nitrogen and oxygen atoms in total. The Kier molecular flexibility index (Phi) is 8.01. The number of carboxylic acid groups (broad SMARTS) is 2. The fourth-order valence-electron chi connectivity index (χ4n) is 0. The summed E-state index contributed by atoms with van der Waals surface area (Å²) < 4.78 is 0. The lowest BCUT2D eigenvalue weighted by molar-refractivity contribution is -0.140. The Morgan fingerprint density at radius 3 is 1.55 bits per heavy atom. The normalized spacial score (nSPS) is 8.36. The first-order chi connectivity index (χ1) is 4.91. The quantitative estimate of drug-likeness (QED) is 0.521. The predicted molar refractivity (Wildman–Crippen MR) is 39.2 cm³/mol. The van der Waals surface area contributed by atoms with Crippen LogP contribution in [0, 0.1) is 5.92 Å². The van der Waals surface area contributed by atoms with Crippen molar-refractivity contribution in [2.24, 2.45) is 11.7 Å². The lowest BCUT2D eigenvalue weighted by atomic mass is 10.2. The molecule has 0 saturated carbocycles. The number of aliphatic carboxylic acids is 2. The lowest BCUT2D eigenvalue weighted by Gasteiger charge is -1.89. The molecule has 0 amide bonds. The van der Waals surface area contributed by atoms with E-state index in [9.17, 15) is 9.59 Å². The van der Waals surface area contributed by atoms with Crippen LogP contribution in [0.5, 0.6) is 0 Å². The summed E-state index contributed by atoms with van der Waals surface area (Å²) in [5.41, 5.74) is 4.57. The van der Waals surface area contributed by atoms with Gasteiger partial charge < -0.3 is 15.9 Å². The average molecular weight is 163 g/mol. The SMILES string of the molecule is CC(C)C(=O)O.NCC(=O)O. The molecule has 0 rings (SSSR count). The van der Waals surface area contributed by atoms with Crippen LogP contribution in [0.3, 0.4) is 0 Å².